The first-order valence-corrected chi connectivity index (χ1v) is 3.33. The number of carbonyl (C=O) groups excluding carboxylic acids is 1. The third kappa shape index (κ3) is 3.64. The average molecular weight is 140 g/mol. The second-order valence-corrected chi connectivity index (χ2v) is 2.19. The summed E-state index contributed by atoms with van der Waals surface area (Å²) in [5.74, 6) is 0.151. The van der Waals surface area contributed by atoms with Crippen molar-refractivity contribution in [3.8, 4) is 0 Å². The van der Waals surface area contributed by atoms with Gasteiger partial charge in [-0.3, -0.25) is 4.79 Å². The van der Waals surface area contributed by atoms with Crippen LogP contribution in [0.5, 0.6) is 0 Å². The van der Waals surface area contributed by atoms with Gasteiger partial charge in [-0.2, -0.15) is 0 Å². The van der Waals surface area contributed by atoms with Gasteiger partial charge in [0.05, 0.1) is 6.04 Å². The van der Waals surface area contributed by atoms with Gasteiger partial charge in [0.1, 0.15) is 5.78 Å². The van der Waals surface area contributed by atoms with E-state index >= 15 is 0 Å². The van der Waals surface area contributed by atoms with E-state index in [4.69, 9.17) is 7.98 Å². The molecule has 0 amide bonds. The Morgan fingerprint density at radius 3 is 2.60 bits per heavy atom. The van der Waals surface area contributed by atoms with Crippen LogP contribution in [0.3, 0.4) is 0 Å². The number of hydrogen-bond donors (Lipinski definition) is 2. The van der Waals surface area contributed by atoms with Crippen LogP contribution in [-0.4, -0.2) is 33.4 Å². The van der Waals surface area contributed by atoms with Gasteiger partial charge in [-0.05, 0) is 26.9 Å². The van der Waals surface area contributed by atoms with Gasteiger partial charge in [-0.15, -0.1) is 0 Å². The van der Waals surface area contributed by atoms with Crippen LogP contribution in [0.1, 0.15) is 13.3 Å². The normalized spacial score (nSPS) is 13.0. The predicted molar refractivity (Wildman–Crippen MR) is 41.9 cm³/mol. The molecular formula is C6H13BN2O. The first-order chi connectivity index (χ1) is 4.72. The van der Waals surface area contributed by atoms with E-state index in [0.29, 0.717) is 6.54 Å². The van der Waals surface area contributed by atoms with Gasteiger partial charge in [-0.25, -0.2) is 0 Å². The molecule has 56 valence electrons. The highest BCUT2D eigenvalue weighted by atomic mass is 16.1. The fourth-order valence-electron chi connectivity index (χ4n) is 0.779. The largest absolute Gasteiger partial charge is 0.366 e. The van der Waals surface area contributed by atoms with Crippen molar-refractivity contribution in [1.29, 1.82) is 0 Å². The molecule has 10 heavy (non-hydrogen) atoms. The molecule has 0 heterocycles. The Morgan fingerprint density at radius 2 is 2.30 bits per heavy atom. The predicted octanol–water partition coefficient (Wildman–Crippen LogP) is -0.773. The maximum Gasteiger partial charge on any atom is 0.177 e. The molecule has 0 saturated carbocycles. The summed E-state index contributed by atoms with van der Waals surface area (Å²) < 4.78 is 0. The smallest absolute Gasteiger partial charge is 0.177 e. The van der Waals surface area contributed by atoms with Crippen molar-refractivity contribution in [3.05, 3.63) is 0 Å². The van der Waals surface area contributed by atoms with Gasteiger partial charge in [0.25, 0.3) is 0 Å². The molecule has 0 aliphatic heterocycles. The van der Waals surface area contributed by atoms with Crippen molar-refractivity contribution < 1.29 is 4.79 Å². The van der Waals surface area contributed by atoms with Crippen molar-refractivity contribution in [1.82, 2.24) is 10.5 Å². The van der Waals surface area contributed by atoms with Crippen LogP contribution < -0.4 is 10.5 Å². The van der Waals surface area contributed by atoms with Crippen molar-refractivity contribution in [2.75, 3.05) is 13.6 Å². The van der Waals surface area contributed by atoms with E-state index in [1.54, 1.807) is 14.0 Å². The van der Waals surface area contributed by atoms with Crippen LogP contribution in [0, 0.1) is 0 Å². The van der Waals surface area contributed by atoms with Crippen molar-refractivity contribution in [3.63, 3.8) is 0 Å². The third-order valence-corrected chi connectivity index (χ3v) is 1.42. The standard InChI is InChI=1S/C6H13BN2O/c1-5(10)6(8-2)3-4-9-7/h6,8-9H,3-4H2,1-2H3. The maximum absolute atomic E-state index is 10.7. The summed E-state index contributed by atoms with van der Waals surface area (Å²) in [6, 6.07) is -0.0592. The topological polar surface area (TPSA) is 41.1 Å². The second kappa shape index (κ2) is 5.44. The number of ketones is 1. The number of carbonyl (C=O) groups is 1. The summed E-state index contributed by atoms with van der Waals surface area (Å²) in [5.41, 5.74) is 0. The lowest BCUT2D eigenvalue weighted by atomic mass is 10.1. The lowest BCUT2D eigenvalue weighted by Crippen LogP contribution is -2.34. The molecule has 0 saturated heterocycles. The monoisotopic (exact) mass is 140 g/mol. The Kier molecular flexibility index (Phi) is 5.25. The molecule has 0 aliphatic carbocycles. The van der Waals surface area contributed by atoms with Gasteiger partial charge >= 0.3 is 0 Å². The molecule has 0 rings (SSSR count). The fraction of sp³-hybridized carbons (Fsp3) is 0.833. The highest BCUT2D eigenvalue weighted by Gasteiger charge is 2.08. The summed E-state index contributed by atoms with van der Waals surface area (Å²) >= 11 is 0. The second-order valence-electron chi connectivity index (χ2n) is 2.19. The van der Waals surface area contributed by atoms with Crippen LogP contribution in [0.25, 0.3) is 0 Å². The number of hydrogen-bond acceptors (Lipinski definition) is 3. The maximum atomic E-state index is 10.7. The molecule has 2 N–H and O–H groups in total. The van der Waals surface area contributed by atoms with E-state index in [9.17, 15) is 4.79 Å². The van der Waals surface area contributed by atoms with E-state index in [2.05, 4.69) is 10.5 Å². The number of nitrogens with one attached hydrogen (secondary N) is 2. The van der Waals surface area contributed by atoms with Crippen LogP contribution in [0.4, 0.5) is 0 Å². The van der Waals surface area contributed by atoms with Crippen LogP contribution >= 0.6 is 0 Å². The zero-order valence-corrected chi connectivity index (χ0v) is 6.48. The van der Waals surface area contributed by atoms with Gasteiger partial charge in [0, 0.05) is 0 Å². The number of rotatable bonds is 5. The first-order valence-electron chi connectivity index (χ1n) is 3.33. The third-order valence-electron chi connectivity index (χ3n) is 1.42. The SMILES string of the molecule is [B]NCCC(NC)C(C)=O. The Labute approximate surface area is 63.0 Å². The van der Waals surface area contributed by atoms with Crippen LogP contribution in [0.15, 0.2) is 0 Å². The van der Waals surface area contributed by atoms with Crippen molar-refractivity contribution in [2.45, 2.75) is 19.4 Å². The molecule has 0 fully saturated rings. The Bertz CT molecular complexity index is 108. The highest BCUT2D eigenvalue weighted by Crippen LogP contribution is 1.89. The number of Topliss-reactive ketones (excluding diaryl/α,β-unsaturated/α-hetero) is 1. The summed E-state index contributed by atoms with van der Waals surface area (Å²) in [5, 5.41) is 5.39. The molecule has 0 spiro atoms. The Morgan fingerprint density at radius 1 is 1.70 bits per heavy atom. The van der Waals surface area contributed by atoms with Crippen LogP contribution in [0.2, 0.25) is 0 Å². The van der Waals surface area contributed by atoms with Gasteiger partial charge in [-0.1, -0.05) is 0 Å². The van der Waals surface area contributed by atoms with E-state index in [0.717, 1.165) is 6.42 Å². The van der Waals surface area contributed by atoms with Gasteiger partial charge in [0.15, 0.2) is 7.98 Å². The summed E-state index contributed by atoms with van der Waals surface area (Å²) in [7, 11) is 6.81. The summed E-state index contributed by atoms with van der Waals surface area (Å²) in [4.78, 5) is 10.7. The average Bonchev–Trinajstić information content (AvgIpc) is 1.89. The zero-order chi connectivity index (χ0) is 7.98. The molecule has 2 radical (unpaired) electrons. The minimum Gasteiger partial charge on any atom is -0.366 e. The van der Waals surface area contributed by atoms with E-state index in [1.165, 1.54) is 0 Å². The lowest BCUT2D eigenvalue weighted by molar-refractivity contribution is -0.118. The molecule has 4 heteroatoms. The number of likely N-dealkylation sites (N-methyl/N-ethyl adjacent to an activating group) is 1. The van der Waals surface area contributed by atoms with Gasteiger partial charge in [0.2, 0.25) is 0 Å². The molecule has 3 nitrogen and oxygen atoms in total. The zero-order valence-electron chi connectivity index (χ0n) is 6.48. The highest BCUT2D eigenvalue weighted by molar-refractivity contribution is 6.04. The molecule has 0 aromatic carbocycles. The summed E-state index contributed by atoms with van der Waals surface area (Å²) in [6.45, 7) is 2.22. The summed E-state index contributed by atoms with van der Waals surface area (Å²) in [6.07, 6.45) is 0.738. The molecule has 1 atom stereocenters. The van der Waals surface area contributed by atoms with Crippen molar-refractivity contribution in [2.24, 2.45) is 0 Å². The minimum absolute atomic E-state index is 0.0592. The first kappa shape index (κ1) is 9.65. The molecule has 0 bridgehead atoms. The quantitative estimate of drug-likeness (QED) is 0.492. The molecule has 1 unspecified atom stereocenters. The van der Waals surface area contributed by atoms with E-state index in [-0.39, 0.29) is 11.8 Å². The molecular weight excluding hydrogens is 127 g/mol. The fourth-order valence-corrected chi connectivity index (χ4v) is 0.779. The Hall–Kier alpha value is -0.345. The lowest BCUT2D eigenvalue weighted by Gasteiger charge is -2.11. The Balaban J connectivity index is 3.50. The molecule has 0 aliphatic rings. The van der Waals surface area contributed by atoms with E-state index in [1.807, 2.05) is 0 Å². The minimum atomic E-state index is -0.0592. The molecule has 0 aromatic rings. The van der Waals surface area contributed by atoms with Crippen LogP contribution in [-0.2, 0) is 4.79 Å². The van der Waals surface area contributed by atoms with Gasteiger partial charge < -0.3 is 10.5 Å². The molecule has 0 aromatic heterocycles. The van der Waals surface area contributed by atoms with Crippen molar-refractivity contribution >= 4 is 13.8 Å². The van der Waals surface area contributed by atoms with E-state index < -0.39 is 0 Å².